The van der Waals surface area contributed by atoms with Gasteiger partial charge in [0, 0.05) is 18.7 Å². The summed E-state index contributed by atoms with van der Waals surface area (Å²) in [5, 5.41) is 10.8. The Bertz CT molecular complexity index is 989. The second-order valence-electron chi connectivity index (χ2n) is 6.12. The van der Waals surface area contributed by atoms with Crippen LogP contribution in [0, 0.1) is 10.1 Å². The number of hydrogen-bond donors (Lipinski definition) is 0. The molecule has 0 unspecified atom stereocenters. The van der Waals surface area contributed by atoms with Crippen LogP contribution in [0.15, 0.2) is 47.4 Å². The van der Waals surface area contributed by atoms with Gasteiger partial charge in [-0.15, -0.1) is 0 Å². The smallest absolute Gasteiger partial charge is 0.269 e. The number of thiocarbonyl (C=S) groups is 1. The van der Waals surface area contributed by atoms with Crippen molar-refractivity contribution in [3.63, 3.8) is 0 Å². The highest BCUT2D eigenvalue weighted by molar-refractivity contribution is 8.26. The van der Waals surface area contributed by atoms with Gasteiger partial charge in [0.2, 0.25) is 0 Å². The number of nitro groups is 1. The van der Waals surface area contributed by atoms with E-state index in [0.717, 1.165) is 5.56 Å². The van der Waals surface area contributed by atoms with Gasteiger partial charge in [0.15, 0.2) is 11.5 Å². The molecule has 0 aliphatic carbocycles. The molecule has 1 heterocycles. The van der Waals surface area contributed by atoms with Crippen LogP contribution in [-0.2, 0) is 11.2 Å². The van der Waals surface area contributed by atoms with Crippen molar-refractivity contribution in [1.29, 1.82) is 0 Å². The Kier molecular flexibility index (Phi) is 6.50. The molecular weight excluding hydrogens is 412 g/mol. The molecule has 0 spiro atoms. The minimum absolute atomic E-state index is 0.00428. The van der Waals surface area contributed by atoms with Crippen LogP contribution in [0.3, 0.4) is 0 Å². The Morgan fingerprint density at radius 3 is 2.45 bits per heavy atom. The first-order chi connectivity index (χ1) is 13.9. The minimum atomic E-state index is -0.461. The lowest BCUT2D eigenvalue weighted by Crippen LogP contribution is -2.30. The molecule has 0 bridgehead atoms. The predicted octanol–water partition coefficient (Wildman–Crippen LogP) is 4.06. The molecule has 7 nitrogen and oxygen atoms in total. The third-order valence-corrected chi connectivity index (χ3v) is 5.73. The predicted molar refractivity (Wildman–Crippen MR) is 116 cm³/mol. The maximum Gasteiger partial charge on any atom is 0.269 e. The van der Waals surface area contributed by atoms with E-state index in [4.69, 9.17) is 21.7 Å². The van der Waals surface area contributed by atoms with Gasteiger partial charge >= 0.3 is 0 Å². The summed E-state index contributed by atoms with van der Waals surface area (Å²) in [5.74, 6) is 1.11. The summed E-state index contributed by atoms with van der Waals surface area (Å²) < 4.78 is 11.0. The average molecular weight is 431 g/mol. The van der Waals surface area contributed by atoms with E-state index in [1.165, 1.54) is 23.9 Å². The zero-order valence-electron chi connectivity index (χ0n) is 15.8. The number of benzene rings is 2. The number of rotatable bonds is 7. The summed E-state index contributed by atoms with van der Waals surface area (Å²) in [7, 11) is 3.15. The van der Waals surface area contributed by atoms with Crippen molar-refractivity contribution in [3.05, 3.63) is 68.6 Å². The van der Waals surface area contributed by atoms with Gasteiger partial charge in [-0.2, -0.15) is 0 Å². The zero-order chi connectivity index (χ0) is 21.0. The normalized spacial score (nSPS) is 15.1. The molecule has 1 aliphatic rings. The Morgan fingerprint density at radius 1 is 1.14 bits per heavy atom. The Hall–Kier alpha value is -2.91. The molecule has 2 aromatic carbocycles. The van der Waals surface area contributed by atoms with E-state index in [1.807, 2.05) is 18.2 Å². The Balaban J connectivity index is 1.69. The molecule has 1 amide bonds. The molecule has 1 fully saturated rings. The quantitative estimate of drug-likeness (QED) is 0.284. The first kappa shape index (κ1) is 20.8. The monoisotopic (exact) mass is 430 g/mol. The lowest BCUT2D eigenvalue weighted by Gasteiger charge is -2.15. The molecule has 0 aromatic heterocycles. The molecule has 3 rings (SSSR count). The third-order valence-electron chi connectivity index (χ3n) is 4.35. The van der Waals surface area contributed by atoms with Crippen LogP contribution < -0.4 is 9.47 Å². The number of non-ortho nitro benzene ring substituents is 1. The molecule has 0 atom stereocenters. The fourth-order valence-corrected chi connectivity index (χ4v) is 4.12. The number of ether oxygens (including phenoxy) is 2. The summed E-state index contributed by atoms with van der Waals surface area (Å²) in [4.78, 5) is 25.1. The molecule has 29 heavy (non-hydrogen) atoms. The van der Waals surface area contributed by atoms with E-state index in [9.17, 15) is 14.9 Å². The van der Waals surface area contributed by atoms with E-state index in [1.54, 1.807) is 37.3 Å². The van der Waals surface area contributed by atoms with Crippen molar-refractivity contribution < 1.29 is 19.2 Å². The maximum absolute atomic E-state index is 12.7. The number of carbonyl (C=O) groups excluding carboxylic acids is 1. The summed E-state index contributed by atoms with van der Waals surface area (Å²) in [5.41, 5.74) is 1.71. The summed E-state index contributed by atoms with van der Waals surface area (Å²) in [6.07, 6.45) is 2.30. The molecule has 1 aliphatic heterocycles. The van der Waals surface area contributed by atoms with E-state index in [0.29, 0.717) is 39.3 Å². The fourth-order valence-electron chi connectivity index (χ4n) is 2.81. The molecule has 9 heteroatoms. The standard InChI is InChI=1S/C20H18N2O5S2/c1-26-16-8-5-14(11-17(16)27-2)9-10-21-19(23)18(29-20(21)28)12-13-3-6-15(7-4-13)22(24)25/h3-8,11-12H,9-10H2,1-2H3. The second kappa shape index (κ2) is 9.06. The molecule has 0 saturated carbocycles. The SMILES string of the molecule is COc1ccc(CCN2C(=O)C(=Cc3ccc([N+](=O)[O-])cc3)SC2=S)cc1OC. The van der Waals surface area contributed by atoms with E-state index < -0.39 is 4.92 Å². The molecule has 1 saturated heterocycles. The second-order valence-corrected chi connectivity index (χ2v) is 7.80. The first-order valence-corrected chi connectivity index (χ1v) is 9.86. The van der Waals surface area contributed by atoms with Gasteiger partial charge in [-0.1, -0.05) is 30.0 Å². The van der Waals surface area contributed by atoms with Gasteiger partial charge < -0.3 is 9.47 Å². The van der Waals surface area contributed by atoms with Gasteiger partial charge in [-0.3, -0.25) is 19.8 Å². The molecule has 0 radical (unpaired) electrons. The van der Waals surface area contributed by atoms with Gasteiger partial charge in [0.05, 0.1) is 24.0 Å². The Morgan fingerprint density at radius 2 is 1.83 bits per heavy atom. The number of methoxy groups -OCH3 is 2. The number of carbonyl (C=O) groups is 1. The zero-order valence-corrected chi connectivity index (χ0v) is 17.4. The Labute approximate surface area is 177 Å². The van der Waals surface area contributed by atoms with Gasteiger partial charge in [0.25, 0.3) is 11.6 Å². The van der Waals surface area contributed by atoms with Crippen LogP contribution in [0.25, 0.3) is 6.08 Å². The van der Waals surface area contributed by atoms with Gasteiger partial charge in [0.1, 0.15) is 4.32 Å². The summed E-state index contributed by atoms with van der Waals surface area (Å²) >= 11 is 6.59. The lowest BCUT2D eigenvalue weighted by atomic mass is 10.1. The number of amides is 1. The van der Waals surface area contributed by atoms with Crippen molar-refractivity contribution in [3.8, 4) is 11.5 Å². The van der Waals surface area contributed by atoms with Crippen molar-refractivity contribution in [2.75, 3.05) is 20.8 Å². The average Bonchev–Trinajstić information content (AvgIpc) is 2.99. The highest BCUT2D eigenvalue weighted by Crippen LogP contribution is 2.33. The van der Waals surface area contributed by atoms with E-state index in [2.05, 4.69) is 0 Å². The highest BCUT2D eigenvalue weighted by atomic mass is 32.2. The third kappa shape index (κ3) is 4.75. The first-order valence-electron chi connectivity index (χ1n) is 8.63. The van der Waals surface area contributed by atoms with Crippen LogP contribution in [0.2, 0.25) is 0 Å². The van der Waals surface area contributed by atoms with Crippen LogP contribution in [-0.4, -0.2) is 40.8 Å². The number of nitrogens with zero attached hydrogens (tertiary/aromatic N) is 2. The van der Waals surface area contributed by atoms with Crippen LogP contribution in [0.4, 0.5) is 5.69 Å². The molecular formula is C20H18N2O5S2. The molecule has 150 valence electrons. The summed E-state index contributed by atoms with van der Waals surface area (Å²) in [6, 6.07) is 11.7. The largest absolute Gasteiger partial charge is 0.493 e. The van der Waals surface area contributed by atoms with E-state index >= 15 is 0 Å². The lowest BCUT2D eigenvalue weighted by molar-refractivity contribution is -0.384. The molecule has 2 aromatic rings. The van der Waals surface area contributed by atoms with Crippen molar-refractivity contribution in [2.24, 2.45) is 0 Å². The minimum Gasteiger partial charge on any atom is -0.493 e. The van der Waals surface area contributed by atoms with Gasteiger partial charge in [-0.25, -0.2) is 0 Å². The van der Waals surface area contributed by atoms with Crippen LogP contribution in [0.5, 0.6) is 11.5 Å². The van der Waals surface area contributed by atoms with Crippen LogP contribution in [0.1, 0.15) is 11.1 Å². The van der Waals surface area contributed by atoms with Crippen molar-refractivity contribution in [2.45, 2.75) is 6.42 Å². The molecule has 0 N–H and O–H groups in total. The van der Waals surface area contributed by atoms with Gasteiger partial charge in [-0.05, 0) is 47.9 Å². The number of thioether (sulfide) groups is 1. The van der Waals surface area contributed by atoms with E-state index in [-0.39, 0.29) is 11.6 Å². The highest BCUT2D eigenvalue weighted by Gasteiger charge is 2.31. The van der Waals surface area contributed by atoms with Crippen LogP contribution >= 0.6 is 24.0 Å². The number of nitro benzene ring substituents is 1. The fraction of sp³-hybridized carbons (Fsp3) is 0.200. The topological polar surface area (TPSA) is 81.9 Å². The number of hydrogen-bond acceptors (Lipinski definition) is 7. The van der Waals surface area contributed by atoms with Crippen molar-refractivity contribution >= 4 is 46.0 Å². The van der Waals surface area contributed by atoms with Crippen molar-refractivity contribution in [1.82, 2.24) is 4.90 Å². The maximum atomic E-state index is 12.7. The summed E-state index contributed by atoms with van der Waals surface area (Å²) in [6.45, 7) is 0.442.